The minimum Gasteiger partial charge on any atom is -0.447 e. The van der Waals surface area contributed by atoms with Crippen molar-refractivity contribution >= 4 is 9.84 Å². The Hall–Kier alpha value is -0.880. The molecule has 1 aliphatic heterocycles. The molecule has 2 heterocycles. The highest BCUT2D eigenvalue weighted by Crippen LogP contribution is 2.32. The number of nitrogens with two attached hydrogens (primary N) is 1. The second-order valence-electron chi connectivity index (χ2n) is 3.72. The zero-order chi connectivity index (χ0) is 10.9. The first-order valence-electron chi connectivity index (χ1n) is 4.99. The Kier molecular flexibility index (Phi) is 2.79. The van der Waals surface area contributed by atoms with E-state index in [9.17, 15) is 8.42 Å². The van der Waals surface area contributed by atoms with Crippen LogP contribution in [0, 0.1) is 0 Å². The maximum Gasteiger partial charge on any atom is 0.207 e. The molecule has 5 nitrogen and oxygen atoms in total. The second kappa shape index (κ2) is 3.94. The van der Waals surface area contributed by atoms with Crippen LogP contribution in [0.4, 0.5) is 0 Å². The number of hydrogen-bond donors (Lipinski definition) is 1. The lowest BCUT2D eigenvalue weighted by Crippen LogP contribution is -2.21. The van der Waals surface area contributed by atoms with Crippen LogP contribution in [0.1, 0.15) is 36.1 Å². The molecule has 1 fully saturated rings. The van der Waals surface area contributed by atoms with Crippen molar-refractivity contribution in [3.8, 4) is 0 Å². The SMILES string of the molecule is NCc1nc(C2CCCCS2(=O)=O)co1. The molecule has 1 atom stereocenters. The standard InChI is InChI=1S/C9H14N2O3S/c10-5-9-11-7(6-14-9)8-3-1-2-4-15(8,12)13/h6,8H,1-5,10H2. The maximum atomic E-state index is 11.8. The number of hydrogen-bond acceptors (Lipinski definition) is 5. The van der Waals surface area contributed by atoms with Crippen LogP contribution in [0.2, 0.25) is 0 Å². The molecule has 6 heteroatoms. The zero-order valence-corrected chi connectivity index (χ0v) is 9.16. The molecule has 0 saturated carbocycles. The molecule has 0 aliphatic carbocycles. The summed E-state index contributed by atoms with van der Waals surface area (Å²) in [7, 11) is -3.03. The van der Waals surface area contributed by atoms with Crippen molar-refractivity contribution < 1.29 is 12.8 Å². The molecule has 0 amide bonds. The molecule has 0 radical (unpaired) electrons. The van der Waals surface area contributed by atoms with Crippen molar-refractivity contribution in [2.24, 2.45) is 5.73 Å². The first-order valence-corrected chi connectivity index (χ1v) is 6.71. The average molecular weight is 230 g/mol. The van der Waals surface area contributed by atoms with Crippen molar-refractivity contribution in [1.82, 2.24) is 4.98 Å². The molecule has 1 aromatic heterocycles. The van der Waals surface area contributed by atoms with E-state index in [0.29, 0.717) is 18.0 Å². The smallest absolute Gasteiger partial charge is 0.207 e. The topological polar surface area (TPSA) is 86.2 Å². The highest BCUT2D eigenvalue weighted by atomic mass is 32.2. The molecule has 2 rings (SSSR count). The number of sulfone groups is 1. The van der Waals surface area contributed by atoms with Crippen molar-refractivity contribution in [1.29, 1.82) is 0 Å². The van der Waals surface area contributed by atoms with E-state index in [0.717, 1.165) is 12.8 Å². The Morgan fingerprint density at radius 3 is 2.93 bits per heavy atom. The predicted molar refractivity (Wildman–Crippen MR) is 54.8 cm³/mol. The predicted octanol–water partition coefficient (Wildman–Crippen LogP) is 0.773. The summed E-state index contributed by atoms with van der Waals surface area (Å²) in [6.07, 6.45) is 3.73. The van der Waals surface area contributed by atoms with E-state index in [1.54, 1.807) is 0 Å². The summed E-state index contributed by atoms with van der Waals surface area (Å²) < 4.78 is 28.6. The second-order valence-corrected chi connectivity index (χ2v) is 6.02. The first-order chi connectivity index (χ1) is 7.13. The third-order valence-corrected chi connectivity index (χ3v) is 4.85. The summed E-state index contributed by atoms with van der Waals surface area (Å²) in [4.78, 5) is 4.08. The zero-order valence-electron chi connectivity index (χ0n) is 8.35. The van der Waals surface area contributed by atoms with Crippen molar-refractivity contribution in [3.63, 3.8) is 0 Å². The van der Waals surface area contributed by atoms with E-state index >= 15 is 0 Å². The monoisotopic (exact) mass is 230 g/mol. The molecule has 0 spiro atoms. The van der Waals surface area contributed by atoms with E-state index in [1.165, 1.54) is 6.26 Å². The van der Waals surface area contributed by atoms with Gasteiger partial charge in [0, 0.05) is 0 Å². The lowest BCUT2D eigenvalue weighted by Gasteiger charge is -2.19. The van der Waals surface area contributed by atoms with Crippen molar-refractivity contribution in [3.05, 3.63) is 17.8 Å². The van der Waals surface area contributed by atoms with Gasteiger partial charge in [0.25, 0.3) is 0 Å². The molecule has 2 N–H and O–H groups in total. The normalized spacial score (nSPS) is 25.3. The van der Waals surface area contributed by atoms with Crippen LogP contribution in [0.3, 0.4) is 0 Å². The van der Waals surface area contributed by atoms with E-state index in [1.807, 2.05) is 0 Å². The van der Waals surface area contributed by atoms with Gasteiger partial charge in [-0.05, 0) is 12.8 Å². The van der Waals surface area contributed by atoms with Crippen molar-refractivity contribution in [2.75, 3.05) is 5.75 Å². The van der Waals surface area contributed by atoms with Crippen LogP contribution >= 0.6 is 0 Å². The van der Waals surface area contributed by atoms with Gasteiger partial charge in [0.2, 0.25) is 5.89 Å². The van der Waals surface area contributed by atoms with Gasteiger partial charge < -0.3 is 10.2 Å². The van der Waals surface area contributed by atoms with Crippen LogP contribution in [0.25, 0.3) is 0 Å². The molecular weight excluding hydrogens is 216 g/mol. The van der Waals surface area contributed by atoms with Gasteiger partial charge in [0.05, 0.1) is 18.0 Å². The molecule has 0 aromatic carbocycles. The number of nitrogens with zero attached hydrogens (tertiary/aromatic N) is 1. The molecule has 1 aromatic rings. The van der Waals surface area contributed by atoms with E-state index < -0.39 is 15.1 Å². The van der Waals surface area contributed by atoms with Crippen LogP contribution in [-0.4, -0.2) is 19.2 Å². The van der Waals surface area contributed by atoms with Crippen LogP contribution in [-0.2, 0) is 16.4 Å². The third kappa shape index (κ3) is 2.05. The average Bonchev–Trinajstić information content (AvgIpc) is 2.65. The van der Waals surface area contributed by atoms with E-state index in [4.69, 9.17) is 10.2 Å². The minimum atomic E-state index is -3.03. The first kappa shape index (κ1) is 10.6. The van der Waals surface area contributed by atoms with Crippen LogP contribution < -0.4 is 5.73 Å². The number of aromatic nitrogens is 1. The molecule has 1 aliphatic rings. The highest BCUT2D eigenvalue weighted by molar-refractivity contribution is 7.91. The fourth-order valence-electron chi connectivity index (χ4n) is 1.85. The van der Waals surface area contributed by atoms with Gasteiger partial charge in [-0.3, -0.25) is 0 Å². The van der Waals surface area contributed by atoms with Gasteiger partial charge in [-0.25, -0.2) is 13.4 Å². The molecule has 1 unspecified atom stereocenters. The van der Waals surface area contributed by atoms with Gasteiger partial charge in [-0.1, -0.05) is 6.42 Å². The Morgan fingerprint density at radius 1 is 1.53 bits per heavy atom. The summed E-state index contributed by atoms with van der Waals surface area (Å²) in [5, 5.41) is -0.490. The molecule has 84 valence electrons. The Labute approximate surface area is 88.6 Å². The van der Waals surface area contributed by atoms with Gasteiger partial charge in [0.15, 0.2) is 9.84 Å². The van der Waals surface area contributed by atoms with Gasteiger partial charge in [-0.2, -0.15) is 0 Å². The van der Waals surface area contributed by atoms with Crippen molar-refractivity contribution in [2.45, 2.75) is 31.1 Å². The van der Waals surface area contributed by atoms with Crippen LogP contribution in [0.5, 0.6) is 0 Å². The Morgan fingerprint density at radius 2 is 2.33 bits per heavy atom. The Balaban J connectivity index is 2.29. The lowest BCUT2D eigenvalue weighted by atomic mass is 10.1. The number of oxazole rings is 1. The molecule has 0 bridgehead atoms. The fraction of sp³-hybridized carbons (Fsp3) is 0.667. The Bertz CT molecular complexity index is 438. The largest absolute Gasteiger partial charge is 0.447 e. The van der Waals surface area contributed by atoms with Gasteiger partial charge in [0.1, 0.15) is 11.5 Å². The summed E-state index contributed by atoms with van der Waals surface area (Å²) in [5.74, 6) is 0.647. The van der Waals surface area contributed by atoms with E-state index in [-0.39, 0.29) is 12.3 Å². The molecule has 15 heavy (non-hydrogen) atoms. The summed E-state index contributed by atoms with van der Waals surface area (Å²) in [5.41, 5.74) is 5.86. The molecular formula is C9H14N2O3S. The summed E-state index contributed by atoms with van der Waals surface area (Å²) in [6, 6.07) is 0. The number of rotatable bonds is 2. The fourth-order valence-corrected chi connectivity index (χ4v) is 3.75. The van der Waals surface area contributed by atoms with Gasteiger partial charge in [-0.15, -0.1) is 0 Å². The third-order valence-electron chi connectivity index (χ3n) is 2.65. The quantitative estimate of drug-likeness (QED) is 0.811. The van der Waals surface area contributed by atoms with Gasteiger partial charge >= 0.3 is 0 Å². The highest BCUT2D eigenvalue weighted by Gasteiger charge is 2.32. The summed E-state index contributed by atoms with van der Waals surface area (Å²) in [6.45, 7) is 0.201. The van der Waals surface area contributed by atoms with E-state index in [2.05, 4.69) is 4.98 Å². The minimum absolute atomic E-state index is 0.201. The summed E-state index contributed by atoms with van der Waals surface area (Å²) >= 11 is 0. The molecule has 1 saturated heterocycles. The lowest BCUT2D eigenvalue weighted by molar-refractivity contribution is 0.496. The van der Waals surface area contributed by atoms with Crippen LogP contribution in [0.15, 0.2) is 10.7 Å². The maximum absolute atomic E-state index is 11.8.